The van der Waals surface area contributed by atoms with E-state index in [1.165, 1.54) is 4.90 Å². The van der Waals surface area contributed by atoms with Crippen LogP contribution in [0.5, 0.6) is 0 Å². The molecule has 4 N–H and O–H groups in total. The molecule has 312 valence electrons. The molecule has 7 rings (SSSR count). The molecule has 0 bridgehead atoms. The SMILES string of the molecule is CC(C)N(C(=O)O)[C@@H](C(=O)N1CCC[C@H]1C(=O)Nc1ccc(-c2[nH]c3ccc(NC(=O)C4CCCN4C(=O)C(c4ccccc4)N(C)C)cc3c2F)cc1)c1ccccc1. The summed E-state index contributed by atoms with van der Waals surface area (Å²) >= 11 is 0. The van der Waals surface area contributed by atoms with Crippen molar-refractivity contribution in [1.82, 2.24) is 24.6 Å². The molecule has 14 heteroatoms. The maximum Gasteiger partial charge on any atom is 0.408 e. The van der Waals surface area contributed by atoms with Crippen LogP contribution < -0.4 is 10.6 Å². The highest BCUT2D eigenvalue weighted by Gasteiger charge is 2.42. The van der Waals surface area contributed by atoms with Gasteiger partial charge in [-0.15, -0.1) is 0 Å². The van der Waals surface area contributed by atoms with Crippen molar-refractivity contribution in [2.75, 3.05) is 37.8 Å². The highest BCUT2D eigenvalue weighted by molar-refractivity contribution is 6.01. The number of hydrogen-bond acceptors (Lipinski definition) is 6. The predicted octanol–water partition coefficient (Wildman–Crippen LogP) is 7.27. The van der Waals surface area contributed by atoms with E-state index in [1.807, 2.05) is 49.3 Å². The first-order valence-corrected chi connectivity index (χ1v) is 20.3. The lowest BCUT2D eigenvalue weighted by molar-refractivity contribution is -0.141. The van der Waals surface area contributed by atoms with Gasteiger partial charge in [0.1, 0.15) is 24.2 Å². The Bertz CT molecular complexity index is 2370. The Morgan fingerprint density at radius 2 is 1.22 bits per heavy atom. The zero-order chi connectivity index (χ0) is 42.7. The maximum atomic E-state index is 16.1. The number of likely N-dealkylation sites (N-methyl/N-ethyl adjacent to an activating group) is 1. The van der Waals surface area contributed by atoms with Gasteiger partial charge in [-0.2, -0.15) is 0 Å². The average Bonchev–Trinajstić information content (AvgIpc) is 4.00. The van der Waals surface area contributed by atoms with Crippen LogP contribution in [0.15, 0.2) is 103 Å². The Kier molecular flexibility index (Phi) is 12.3. The lowest BCUT2D eigenvalue weighted by Gasteiger charge is -2.36. The minimum Gasteiger partial charge on any atom is -0.465 e. The first kappa shape index (κ1) is 41.6. The molecule has 2 fully saturated rings. The van der Waals surface area contributed by atoms with Gasteiger partial charge in [0.2, 0.25) is 17.7 Å². The van der Waals surface area contributed by atoms with Gasteiger partial charge in [0, 0.05) is 47.0 Å². The van der Waals surface area contributed by atoms with Crippen molar-refractivity contribution < 1.29 is 33.5 Å². The van der Waals surface area contributed by atoms with Crippen LogP contribution in [0.3, 0.4) is 0 Å². The number of amides is 5. The van der Waals surface area contributed by atoms with Crippen molar-refractivity contribution >= 4 is 52.0 Å². The summed E-state index contributed by atoms with van der Waals surface area (Å²) in [4.78, 5) is 76.7. The van der Waals surface area contributed by atoms with Gasteiger partial charge in [-0.3, -0.25) is 29.0 Å². The fourth-order valence-electron chi connectivity index (χ4n) is 8.51. The molecule has 2 aliphatic heterocycles. The van der Waals surface area contributed by atoms with Crippen LogP contribution in [-0.2, 0) is 19.2 Å². The van der Waals surface area contributed by atoms with Gasteiger partial charge in [-0.25, -0.2) is 9.18 Å². The number of hydrogen-bond donors (Lipinski definition) is 4. The van der Waals surface area contributed by atoms with Crippen molar-refractivity contribution in [3.63, 3.8) is 0 Å². The van der Waals surface area contributed by atoms with Gasteiger partial charge < -0.3 is 30.5 Å². The minimum atomic E-state index is -1.23. The van der Waals surface area contributed by atoms with Gasteiger partial charge in [0.15, 0.2) is 5.82 Å². The lowest BCUT2D eigenvalue weighted by atomic mass is 10.0. The molecule has 0 aliphatic carbocycles. The Hall–Kier alpha value is -6.54. The van der Waals surface area contributed by atoms with Crippen molar-refractivity contribution in [3.05, 3.63) is 120 Å². The van der Waals surface area contributed by atoms with Crippen LogP contribution in [0, 0.1) is 5.82 Å². The van der Waals surface area contributed by atoms with E-state index in [9.17, 15) is 29.1 Å². The van der Waals surface area contributed by atoms with Crippen LogP contribution in [0.4, 0.5) is 20.6 Å². The summed E-state index contributed by atoms with van der Waals surface area (Å²) < 4.78 is 16.1. The summed E-state index contributed by atoms with van der Waals surface area (Å²) in [5.41, 5.74) is 3.47. The van der Waals surface area contributed by atoms with Crippen molar-refractivity contribution in [2.45, 2.75) is 69.7 Å². The van der Waals surface area contributed by atoms with Crippen LogP contribution in [0.2, 0.25) is 0 Å². The number of carboxylic acid groups (broad SMARTS) is 1. The number of anilines is 2. The number of fused-ring (bicyclic) bond motifs is 1. The molecular formula is C46H50FN7O6. The molecule has 4 atom stereocenters. The van der Waals surface area contributed by atoms with E-state index in [4.69, 9.17) is 0 Å². The summed E-state index contributed by atoms with van der Waals surface area (Å²) in [6.07, 6.45) is 0.967. The number of aromatic amines is 1. The monoisotopic (exact) mass is 815 g/mol. The zero-order valence-corrected chi connectivity index (χ0v) is 34.1. The molecule has 2 saturated heterocycles. The van der Waals surface area contributed by atoms with E-state index in [2.05, 4.69) is 15.6 Å². The highest BCUT2D eigenvalue weighted by atomic mass is 19.1. The molecule has 2 unspecified atom stereocenters. The second-order valence-electron chi connectivity index (χ2n) is 15.9. The summed E-state index contributed by atoms with van der Waals surface area (Å²) in [5, 5.41) is 16.2. The van der Waals surface area contributed by atoms with Crippen LogP contribution in [-0.4, -0.2) is 105 Å². The Morgan fingerprint density at radius 3 is 1.73 bits per heavy atom. The second kappa shape index (κ2) is 17.8. The van der Waals surface area contributed by atoms with Crippen LogP contribution >= 0.6 is 0 Å². The van der Waals surface area contributed by atoms with Gasteiger partial charge in [-0.05, 0) is 95.1 Å². The van der Waals surface area contributed by atoms with E-state index < -0.39 is 53.9 Å². The third-order valence-electron chi connectivity index (χ3n) is 11.4. The summed E-state index contributed by atoms with van der Waals surface area (Å²) in [7, 11) is 3.68. The van der Waals surface area contributed by atoms with Crippen molar-refractivity contribution in [2.24, 2.45) is 0 Å². The summed E-state index contributed by atoms with van der Waals surface area (Å²) in [6, 6.07) is 26.1. The standard InChI is InChI=1S/C46H50FN7O6/c1-28(2)54(46(59)60)41(31-15-9-6-10-16-31)45(58)53-26-12-17-36(53)42(55)48-32-21-19-29(20-22-32)39-38(47)34-27-33(23-24-35(34)50-39)49-43(56)37-18-11-25-52(37)44(57)40(51(3)4)30-13-7-5-8-14-30/h5-10,13-16,19-24,27-28,36-37,40-41,50H,11-12,17-18,25-26H2,1-4H3,(H,48,55)(H,49,56)(H,59,60)/t36-,37?,40?,41+/m0/s1. The number of rotatable bonds is 12. The summed E-state index contributed by atoms with van der Waals surface area (Å²) in [6.45, 7) is 4.18. The third kappa shape index (κ3) is 8.46. The average molecular weight is 816 g/mol. The number of likely N-dealkylation sites (tertiary alicyclic amines) is 2. The molecule has 2 aliphatic rings. The smallest absolute Gasteiger partial charge is 0.408 e. The predicted molar refractivity (Wildman–Crippen MR) is 227 cm³/mol. The minimum absolute atomic E-state index is 0.148. The maximum absolute atomic E-state index is 16.1. The summed E-state index contributed by atoms with van der Waals surface area (Å²) in [5.74, 6) is -1.87. The molecule has 3 heterocycles. The number of carbonyl (C=O) groups excluding carboxylic acids is 4. The fraction of sp³-hybridized carbons (Fsp3) is 0.326. The van der Waals surface area contributed by atoms with Crippen LogP contribution in [0.1, 0.15) is 62.7 Å². The van der Waals surface area contributed by atoms with E-state index in [1.54, 1.807) is 91.5 Å². The molecule has 4 aromatic carbocycles. The van der Waals surface area contributed by atoms with Gasteiger partial charge in [0.25, 0.3) is 5.91 Å². The zero-order valence-electron chi connectivity index (χ0n) is 34.1. The van der Waals surface area contributed by atoms with Crippen molar-refractivity contribution in [3.8, 4) is 11.3 Å². The molecule has 60 heavy (non-hydrogen) atoms. The van der Waals surface area contributed by atoms with Gasteiger partial charge in [0.05, 0.1) is 5.69 Å². The van der Waals surface area contributed by atoms with Gasteiger partial charge in [-0.1, -0.05) is 72.8 Å². The van der Waals surface area contributed by atoms with E-state index in [0.29, 0.717) is 66.8 Å². The molecule has 5 aromatic rings. The van der Waals surface area contributed by atoms with Gasteiger partial charge >= 0.3 is 6.09 Å². The number of nitrogens with one attached hydrogen (secondary N) is 3. The molecule has 5 amide bonds. The second-order valence-corrected chi connectivity index (χ2v) is 15.9. The van der Waals surface area contributed by atoms with E-state index in [-0.39, 0.29) is 22.9 Å². The normalized spacial score (nSPS) is 17.5. The Balaban J connectivity index is 1.03. The lowest BCUT2D eigenvalue weighted by Crippen LogP contribution is -2.51. The number of halogens is 1. The van der Waals surface area contributed by atoms with E-state index >= 15 is 4.39 Å². The molecule has 1 aromatic heterocycles. The number of carbonyl (C=O) groups is 5. The van der Waals surface area contributed by atoms with E-state index in [0.717, 1.165) is 10.5 Å². The molecule has 0 spiro atoms. The quantitative estimate of drug-likeness (QED) is 0.103. The first-order valence-electron chi connectivity index (χ1n) is 20.3. The number of nitrogens with zero attached hydrogens (tertiary/aromatic N) is 4. The topological polar surface area (TPSA) is 158 Å². The number of aromatic nitrogens is 1. The largest absolute Gasteiger partial charge is 0.465 e. The van der Waals surface area contributed by atoms with Crippen molar-refractivity contribution in [1.29, 1.82) is 0 Å². The Morgan fingerprint density at radius 1 is 0.717 bits per heavy atom. The molecular weight excluding hydrogens is 766 g/mol. The fourth-order valence-corrected chi connectivity index (χ4v) is 8.51. The third-order valence-corrected chi connectivity index (χ3v) is 11.4. The Labute approximate surface area is 348 Å². The molecule has 0 saturated carbocycles. The number of H-pyrrole nitrogens is 1. The molecule has 0 radical (unpaired) electrons. The van der Waals surface area contributed by atoms with Crippen LogP contribution in [0.25, 0.3) is 22.2 Å². The number of benzene rings is 4. The molecule has 13 nitrogen and oxygen atoms in total. The first-order chi connectivity index (χ1) is 28.8. The highest BCUT2D eigenvalue weighted by Crippen LogP contribution is 2.34.